The summed E-state index contributed by atoms with van der Waals surface area (Å²) in [5.41, 5.74) is 2.07. The summed E-state index contributed by atoms with van der Waals surface area (Å²) < 4.78 is 0. The second kappa shape index (κ2) is 3.33. The molecule has 0 amide bonds. The van der Waals surface area contributed by atoms with Crippen LogP contribution in [0.3, 0.4) is 0 Å². The van der Waals surface area contributed by atoms with Gasteiger partial charge in [0.15, 0.2) is 0 Å². The summed E-state index contributed by atoms with van der Waals surface area (Å²) in [4.78, 5) is 4.37. The summed E-state index contributed by atoms with van der Waals surface area (Å²) in [6, 6.07) is 0.366. The fraction of sp³-hybridized carbons (Fsp3) is 0.300. The Hall–Kier alpha value is -1.11. The van der Waals surface area contributed by atoms with Gasteiger partial charge in [0, 0.05) is 6.04 Å². The summed E-state index contributed by atoms with van der Waals surface area (Å²) in [5.74, 6) is 0. The van der Waals surface area contributed by atoms with Crippen molar-refractivity contribution in [3.05, 3.63) is 36.5 Å². The standard InChI is InChI=1S/C10H13N/c1-8(2)11-10-6-4-9(3)5-7-10/h4-8H,3H2,1-2H3. The van der Waals surface area contributed by atoms with Crippen LogP contribution in [0.1, 0.15) is 13.8 Å². The van der Waals surface area contributed by atoms with Crippen molar-refractivity contribution in [2.24, 2.45) is 4.99 Å². The zero-order valence-electron chi connectivity index (χ0n) is 7.04. The first-order valence-electron chi connectivity index (χ1n) is 3.81. The zero-order valence-corrected chi connectivity index (χ0v) is 7.04. The van der Waals surface area contributed by atoms with Gasteiger partial charge >= 0.3 is 0 Å². The van der Waals surface area contributed by atoms with Crippen LogP contribution in [0.15, 0.2) is 41.4 Å². The van der Waals surface area contributed by atoms with E-state index >= 15 is 0 Å². The Bertz CT molecular complexity index is 224. The number of allylic oxidation sites excluding steroid dienone is 5. The highest BCUT2D eigenvalue weighted by Gasteiger charge is 1.95. The van der Waals surface area contributed by atoms with Gasteiger partial charge in [-0.3, -0.25) is 4.99 Å². The molecule has 0 aromatic heterocycles. The van der Waals surface area contributed by atoms with E-state index in [1.807, 2.05) is 24.3 Å². The summed E-state index contributed by atoms with van der Waals surface area (Å²) in [6.45, 7) is 7.93. The number of aliphatic imine (C=N–C) groups is 1. The van der Waals surface area contributed by atoms with E-state index in [2.05, 4.69) is 25.4 Å². The van der Waals surface area contributed by atoms with Crippen molar-refractivity contribution >= 4 is 5.71 Å². The molecule has 0 aliphatic heterocycles. The van der Waals surface area contributed by atoms with Gasteiger partial charge in [-0.05, 0) is 31.6 Å². The van der Waals surface area contributed by atoms with Gasteiger partial charge in [-0.1, -0.05) is 18.7 Å². The lowest BCUT2D eigenvalue weighted by Crippen LogP contribution is -1.98. The number of hydrogen-bond acceptors (Lipinski definition) is 1. The van der Waals surface area contributed by atoms with Gasteiger partial charge < -0.3 is 0 Å². The molecule has 0 atom stereocenters. The minimum absolute atomic E-state index is 0.366. The quantitative estimate of drug-likeness (QED) is 0.540. The van der Waals surface area contributed by atoms with Crippen LogP contribution in [-0.2, 0) is 0 Å². The Morgan fingerprint density at radius 3 is 2.18 bits per heavy atom. The first-order chi connectivity index (χ1) is 5.18. The van der Waals surface area contributed by atoms with Crippen molar-refractivity contribution in [3.8, 4) is 0 Å². The predicted octanol–water partition coefficient (Wildman–Crippen LogP) is 2.52. The molecule has 0 spiro atoms. The van der Waals surface area contributed by atoms with Crippen molar-refractivity contribution in [1.29, 1.82) is 0 Å². The molecular weight excluding hydrogens is 134 g/mol. The molecule has 0 N–H and O–H groups in total. The molecule has 0 radical (unpaired) electrons. The third-order valence-corrected chi connectivity index (χ3v) is 1.34. The van der Waals surface area contributed by atoms with E-state index in [0.29, 0.717) is 6.04 Å². The maximum atomic E-state index is 4.37. The second-order valence-corrected chi connectivity index (χ2v) is 2.89. The summed E-state index contributed by atoms with van der Waals surface area (Å²) in [6.07, 6.45) is 7.92. The van der Waals surface area contributed by atoms with Gasteiger partial charge in [0.1, 0.15) is 0 Å². The maximum Gasteiger partial charge on any atom is 0.0577 e. The highest BCUT2D eigenvalue weighted by molar-refractivity contribution is 6.05. The van der Waals surface area contributed by atoms with Crippen LogP contribution in [0.25, 0.3) is 0 Å². The SMILES string of the molecule is C=C1C=CC(=NC(C)C)C=C1. The first kappa shape index (κ1) is 7.99. The molecule has 11 heavy (non-hydrogen) atoms. The van der Waals surface area contributed by atoms with E-state index < -0.39 is 0 Å². The van der Waals surface area contributed by atoms with Gasteiger partial charge in [-0.15, -0.1) is 0 Å². The van der Waals surface area contributed by atoms with Gasteiger partial charge in [0.2, 0.25) is 0 Å². The molecule has 1 nitrogen and oxygen atoms in total. The molecule has 58 valence electrons. The Morgan fingerprint density at radius 2 is 1.73 bits per heavy atom. The smallest absolute Gasteiger partial charge is 0.0577 e. The minimum Gasteiger partial charge on any atom is -0.283 e. The molecule has 0 saturated carbocycles. The third-order valence-electron chi connectivity index (χ3n) is 1.34. The summed E-state index contributed by atoms with van der Waals surface area (Å²) in [7, 11) is 0. The normalized spacial score (nSPS) is 16.3. The molecule has 0 heterocycles. The van der Waals surface area contributed by atoms with E-state index in [1.165, 1.54) is 0 Å². The summed E-state index contributed by atoms with van der Waals surface area (Å²) in [5, 5.41) is 0. The van der Waals surface area contributed by atoms with Gasteiger partial charge in [0.05, 0.1) is 5.71 Å². The monoisotopic (exact) mass is 147 g/mol. The average Bonchev–Trinajstić information content (AvgIpc) is 1.93. The van der Waals surface area contributed by atoms with Crippen LogP contribution < -0.4 is 0 Å². The highest BCUT2D eigenvalue weighted by atomic mass is 14.8. The first-order valence-corrected chi connectivity index (χ1v) is 3.81. The molecule has 1 heteroatoms. The molecule has 0 unspecified atom stereocenters. The van der Waals surface area contributed by atoms with E-state index in [0.717, 1.165) is 11.3 Å². The topological polar surface area (TPSA) is 12.4 Å². The summed E-state index contributed by atoms with van der Waals surface area (Å²) >= 11 is 0. The predicted molar refractivity (Wildman–Crippen MR) is 50.0 cm³/mol. The molecule has 0 bridgehead atoms. The molecule has 0 aromatic rings. The second-order valence-electron chi connectivity index (χ2n) is 2.89. The van der Waals surface area contributed by atoms with Crippen molar-refractivity contribution in [2.75, 3.05) is 0 Å². The third kappa shape index (κ3) is 2.54. The molecule has 0 saturated heterocycles. The lowest BCUT2D eigenvalue weighted by Gasteiger charge is -2.02. The van der Waals surface area contributed by atoms with Crippen molar-refractivity contribution in [3.63, 3.8) is 0 Å². The van der Waals surface area contributed by atoms with Gasteiger partial charge in [-0.25, -0.2) is 0 Å². The van der Waals surface area contributed by atoms with Crippen LogP contribution >= 0.6 is 0 Å². The Balaban J connectivity index is 2.72. The largest absolute Gasteiger partial charge is 0.283 e. The van der Waals surface area contributed by atoms with E-state index in [9.17, 15) is 0 Å². The number of nitrogens with zero attached hydrogens (tertiary/aromatic N) is 1. The maximum absolute atomic E-state index is 4.37. The van der Waals surface area contributed by atoms with Gasteiger partial charge in [0.25, 0.3) is 0 Å². The van der Waals surface area contributed by atoms with Crippen LogP contribution in [0.5, 0.6) is 0 Å². The average molecular weight is 147 g/mol. The highest BCUT2D eigenvalue weighted by Crippen LogP contribution is 2.04. The molecule has 1 aliphatic carbocycles. The van der Waals surface area contributed by atoms with Crippen LogP contribution in [0, 0.1) is 0 Å². The molecular formula is C10H13N. The molecule has 1 aliphatic rings. The number of rotatable bonds is 1. The van der Waals surface area contributed by atoms with Crippen molar-refractivity contribution < 1.29 is 0 Å². The van der Waals surface area contributed by atoms with Crippen molar-refractivity contribution in [2.45, 2.75) is 19.9 Å². The Kier molecular flexibility index (Phi) is 2.42. The fourth-order valence-electron chi connectivity index (χ4n) is 0.880. The Labute approximate surface area is 67.8 Å². The number of hydrogen-bond donors (Lipinski definition) is 0. The molecule has 1 rings (SSSR count). The van der Waals surface area contributed by atoms with Crippen molar-refractivity contribution in [1.82, 2.24) is 0 Å². The van der Waals surface area contributed by atoms with E-state index in [-0.39, 0.29) is 0 Å². The lowest BCUT2D eigenvalue weighted by molar-refractivity contribution is 0.838. The zero-order chi connectivity index (χ0) is 8.27. The van der Waals surface area contributed by atoms with Crippen LogP contribution in [0.4, 0.5) is 0 Å². The minimum atomic E-state index is 0.366. The van der Waals surface area contributed by atoms with E-state index in [1.54, 1.807) is 0 Å². The lowest BCUT2D eigenvalue weighted by atomic mass is 10.1. The van der Waals surface area contributed by atoms with Crippen LogP contribution in [0.2, 0.25) is 0 Å². The Morgan fingerprint density at radius 1 is 1.18 bits per heavy atom. The van der Waals surface area contributed by atoms with Gasteiger partial charge in [-0.2, -0.15) is 0 Å². The van der Waals surface area contributed by atoms with Crippen LogP contribution in [-0.4, -0.2) is 11.8 Å². The fourth-order valence-corrected chi connectivity index (χ4v) is 0.880. The molecule has 0 fully saturated rings. The van der Waals surface area contributed by atoms with E-state index in [4.69, 9.17) is 0 Å². The molecule has 0 aromatic carbocycles.